The number of methoxy groups -OCH3 is 2. The fourth-order valence-electron chi connectivity index (χ4n) is 4.73. The van der Waals surface area contributed by atoms with Gasteiger partial charge in [-0.25, -0.2) is 8.42 Å². The van der Waals surface area contributed by atoms with Crippen molar-refractivity contribution in [1.29, 1.82) is 0 Å². The molecule has 8 nitrogen and oxygen atoms in total. The molecule has 174 valence electrons. The first kappa shape index (κ1) is 21.8. The molecule has 3 aliphatic heterocycles. The Morgan fingerprint density at radius 3 is 2.70 bits per heavy atom. The van der Waals surface area contributed by atoms with Crippen LogP contribution in [0, 0.1) is 6.92 Å². The number of sulfone groups is 1. The molecule has 0 unspecified atom stereocenters. The average molecular weight is 472 g/mol. The standard InChI is InChI=1S/C24H25NO7S/c1-14-22-16(11-25(13-31-22)17-7-8-33(27,28)12-17)9-18-21(26)20(32-23(14)18)10-15-5-4-6-19(29-2)24(15)30-3/h4-6,9-10,17H,7-8,11-13H2,1-3H3/b20-10+/t17-/m1/s1. The van der Waals surface area contributed by atoms with E-state index >= 15 is 0 Å². The second kappa shape index (κ2) is 8.07. The van der Waals surface area contributed by atoms with E-state index in [1.54, 1.807) is 32.4 Å². The van der Waals surface area contributed by atoms with Gasteiger partial charge in [0.1, 0.15) is 18.2 Å². The maximum atomic E-state index is 13.2. The smallest absolute Gasteiger partial charge is 0.231 e. The number of ketones is 1. The predicted octanol–water partition coefficient (Wildman–Crippen LogP) is 2.97. The summed E-state index contributed by atoms with van der Waals surface area (Å²) in [5.74, 6) is 2.58. The van der Waals surface area contributed by atoms with E-state index in [1.807, 2.05) is 24.0 Å². The summed E-state index contributed by atoms with van der Waals surface area (Å²) >= 11 is 0. The van der Waals surface area contributed by atoms with Gasteiger partial charge in [-0.1, -0.05) is 12.1 Å². The molecule has 0 saturated carbocycles. The molecule has 2 aromatic rings. The lowest BCUT2D eigenvalue weighted by Crippen LogP contribution is -2.41. The number of Topliss-reactive ketones (excluding diaryl/α,β-unsaturated/α-hetero) is 1. The molecule has 0 N–H and O–H groups in total. The van der Waals surface area contributed by atoms with E-state index < -0.39 is 9.84 Å². The molecule has 2 aromatic carbocycles. The van der Waals surface area contributed by atoms with Crippen LogP contribution in [0.5, 0.6) is 23.0 Å². The monoisotopic (exact) mass is 471 g/mol. The molecule has 0 aliphatic carbocycles. The summed E-state index contributed by atoms with van der Waals surface area (Å²) in [6.45, 7) is 2.71. The molecule has 0 spiro atoms. The molecule has 0 amide bonds. The number of carbonyl (C=O) groups is 1. The largest absolute Gasteiger partial charge is 0.493 e. The maximum Gasteiger partial charge on any atom is 0.231 e. The van der Waals surface area contributed by atoms with Crippen molar-refractivity contribution in [2.45, 2.75) is 25.9 Å². The lowest BCUT2D eigenvalue weighted by Gasteiger charge is -2.33. The van der Waals surface area contributed by atoms with Gasteiger partial charge in [-0.15, -0.1) is 0 Å². The molecule has 1 saturated heterocycles. The minimum absolute atomic E-state index is 0.0698. The first-order valence-corrected chi connectivity index (χ1v) is 12.5. The van der Waals surface area contributed by atoms with E-state index in [0.29, 0.717) is 53.8 Å². The second-order valence-electron chi connectivity index (χ2n) is 8.47. The lowest BCUT2D eigenvalue weighted by atomic mass is 9.99. The zero-order valence-corrected chi connectivity index (χ0v) is 19.5. The van der Waals surface area contributed by atoms with Crippen LogP contribution in [0.2, 0.25) is 0 Å². The summed E-state index contributed by atoms with van der Waals surface area (Å²) in [5.41, 5.74) is 2.76. The number of para-hydroxylation sites is 1. The van der Waals surface area contributed by atoms with Crippen LogP contribution in [0.1, 0.15) is 33.5 Å². The van der Waals surface area contributed by atoms with Crippen LogP contribution >= 0.6 is 0 Å². The second-order valence-corrected chi connectivity index (χ2v) is 10.7. The highest BCUT2D eigenvalue weighted by molar-refractivity contribution is 7.91. The van der Waals surface area contributed by atoms with E-state index in [-0.39, 0.29) is 29.1 Å². The van der Waals surface area contributed by atoms with Crippen LogP contribution < -0.4 is 18.9 Å². The van der Waals surface area contributed by atoms with Gasteiger partial charge in [-0.2, -0.15) is 0 Å². The predicted molar refractivity (Wildman–Crippen MR) is 122 cm³/mol. The van der Waals surface area contributed by atoms with Crippen LogP contribution in [0.25, 0.3) is 6.08 Å². The number of fused-ring (bicyclic) bond motifs is 2. The van der Waals surface area contributed by atoms with Gasteiger partial charge in [0, 0.05) is 29.3 Å². The molecule has 3 aliphatic rings. The molecular formula is C24H25NO7S. The van der Waals surface area contributed by atoms with Crippen LogP contribution in [-0.2, 0) is 16.4 Å². The summed E-state index contributed by atoms with van der Waals surface area (Å²) in [6.07, 6.45) is 2.25. The van der Waals surface area contributed by atoms with Crippen LogP contribution in [0.15, 0.2) is 30.0 Å². The third kappa shape index (κ3) is 3.75. The van der Waals surface area contributed by atoms with Crippen molar-refractivity contribution < 1.29 is 32.2 Å². The van der Waals surface area contributed by atoms with Crippen LogP contribution in [0.4, 0.5) is 0 Å². The van der Waals surface area contributed by atoms with Crippen molar-refractivity contribution in [3.63, 3.8) is 0 Å². The van der Waals surface area contributed by atoms with Gasteiger partial charge in [0.05, 0.1) is 31.3 Å². The topological polar surface area (TPSA) is 91.4 Å². The van der Waals surface area contributed by atoms with Crippen molar-refractivity contribution >= 4 is 21.7 Å². The lowest BCUT2D eigenvalue weighted by molar-refractivity contribution is 0.0637. The quantitative estimate of drug-likeness (QED) is 0.629. The molecule has 1 fully saturated rings. The Morgan fingerprint density at radius 1 is 1.18 bits per heavy atom. The first-order valence-electron chi connectivity index (χ1n) is 10.7. The number of hydrogen-bond donors (Lipinski definition) is 0. The van der Waals surface area contributed by atoms with E-state index in [0.717, 1.165) is 11.1 Å². The van der Waals surface area contributed by atoms with E-state index in [2.05, 4.69) is 0 Å². The van der Waals surface area contributed by atoms with E-state index in [9.17, 15) is 13.2 Å². The van der Waals surface area contributed by atoms with Crippen molar-refractivity contribution in [3.8, 4) is 23.0 Å². The number of carbonyl (C=O) groups excluding carboxylic acids is 1. The number of allylic oxidation sites excluding steroid dienone is 1. The van der Waals surface area contributed by atoms with E-state index in [4.69, 9.17) is 18.9 Å². The van der Waals surface area contributed by atoms with Crippen molar-refractivity contribution in [2.24, 2.45) is 0 Å². The SMILES string of the molecule is COc1cccc(/C=C2/Oc3c(cc4c(c3C)OCN([C@@H]3CCS(=O)(=O)C3)C4)C2=O)c1OC. The highest BCUT2D eigenvalue weighted by Gasteiger charge is 2.37. The average Bonchev–Trinajstić information content (AvgIpc) is 3.33. The Bertz CT molecular complexity index is 1280. The molecular weight excluding hydrogens is 446 g/mol. The van der Waals surface area contributed by atoms with E-state index in [1.165, 1.54) is 0 Å². The fraction of sp³-hybridized carbons (Fsp3) is 0.375. The third-order valence-electron chi connectivity index (χ3n) is 6.41. The van der Waals surface area contributed by atoms with Crippen molar-refractivity contribution in [1.82, 2.24) is 4.90 Å². The molecule has 1 atom stereocenters. The van der Waals surface area contributed by atoms with Crippen LogP contribution in [-0.4, -0.2) is 57.6 Å². The van der Waals surface area contributed by atoms with Gasteiger partial charge in [0.15, 0.2) is 27.1 Å². The van der Waals surface area contributed by atoms with Gasteiger partial charge in [-0.05, 0) is 31.6 Å². The molecule has 0 bridgehead atoms. The van der Waals surface area contributed by atoms with Gasteiger partial charge in [-0.3, -0.25) is 9.69 Å². The first-order chi connectivity index (χ1) is 15.8. The molecule has 33 heavy (non-hydrogen) atoms. The summed E-state index contributed by atoms with van der Waals surface area (Å²) < 4.78 is 46.6. The Morgan fingerprint density at radius 2 is 2.00 bits per heavy atom. The number of rotatable bonds is 4. The summed E-state index contributed by atoms with van der Waals surface area (Å²) in [5, 5.41) is 0. The summed E-state index contributed by atoms with van der Waals surface area (Å²) in [7, 11) is 0.105. The highest BCUT2D eigenvalue weighted by Crippen LogP contribution is 2.44. The van der Waals surface area contributed by atoms with Gasteiger partial charge >= 0.3 is 0 Å². The molecule has 0 aromatic heterocycles. The molecule has 9 heteroatoms. The Kier molecular flexibility index (Phi) is 5.33. The Balaban J connectivity index is 1.46. The summed E-state index contributed by atoms with van der Waals surface area (Å²) in [6, 6.07) is 7.15. The van der Waals surface area contributed by atoms with Gasteiger partial charge in [0.25, 0.3) is 0 Å². The molecule has 0 radical (unpaired) electrons. The molecule has 5 rings (SSSR count). The normalized spacial score (nSPS) is 22.5. The number of hydrogen-bond acceptors (Lipinski definition) is 8. The third-order valence-corrected chi connectivity index (χ3v) is 8.16. The Labute approximate surface area is 192 Å². The maximum absolute atomic E-state index is 13.2. The molecule has 3 heterocycles. The Hall–Kier alpha value is -3.04. The van der Waals surface area contributed by atoms with Crippen LogP contribution in [0.3, 0.4) is 0 Å². The minimum Gasteiger partial charge on any atom is -0.493 e. The van der Waals surface area contributed by atoms with Gasteiger partial charge < -0.3 is 18.9 Å². The summed E-state index contributed by atoms with van der Waals surface area (Å²) in [4.78, 5) is 15.2. The number of nitrogens with zero attached hydrogens (tertiary/aromatic N) is 1. The number of ether oxygens (including phenoxy) is 4. The van der Waals surface area contributed by atoms with Crippen molar-refractivity contribution in [2.75, 3.05) is 32.5 Å². The zero-order valence-electron chi connectivity index (χ0n) is 18.7. The highest BCUT2D eigenvalue weighted by atomic mass is 32.2. The minimum atomic E-state index is -2.99. The van der Waals surface area contributed by atoms with Gasteiger partial charge in [0.2, 0.25) is 5.78 Å². The van der Waals surface area contributed by atoms with Crippen molar-refractivity contribution in [3.05, 3.63) is 52.3 Å². The zero-order chi connectivity index (χ0) is 23.3. The number of benzene rings is 2. The fourth-order valence-corrected chi connectivity index (χ4v) is 6.49.